The van der Waals surface area contributed by atoms with E-state index in [-0.39, 0.29) is 12.1 Å². The van der Waals surface area contributed by atoms with Crippen LogP contribution in [0.2, 0.25) is 0 Å². The van der Waals surface area contributed by atoms with Gasteiger partial charge >= 0.3 is 0 Å². The summed E-state index contributed by atoms with van der Waals surface area (Å²) in [5.74, 6) is 0.670. The Labute approximate surface area is 108 Å². The molecule has 2 rings (SSSR count). The number of anilines is 2. The van der Waals surface area contributed by atoms with Crippen LogP contribution in [0, 0.1) is 0 Å². The van der Waals surface area contributed by atoms with Crippen molar-refractivity contribution in [1.29, 1.82) is 0 Å². The van der Waals surface area contributed by atoms with Gasteiger partial charge in [0.2, 0.25) is 0 Å². The first-order valence-electron chi connectivity index (χ1n) is 6.59. The van der Waals surface area contributed by atoms with E-state index in [0.717, 1.165) is 24.9 Å². The summed E-state index contributed by atoms with van der Waals surface area (Å²) in [6.07, 6.45) is 5.11. The molecule has 1 aromatic rings. The highest BCUT2D eigenvalue weighted by Gasteiger charge is 2.21. The van der Waals surface area contributed by atoms with Gasteiger partial charge in [0.15, 0.2) is 0 Å². The molecule has 0 saturated heterocycles. The van der Waals surface area contributed by atoms with Crippen molar-refractivity contribution >= 4 is 11.4 Å². The van der Waals surface area contributed by atoms with Crippen LogP contribution >= 0.6 is 0 Å². The van der Waals surface area contributed by atoms with E-state index in [1.807, 2.05) is 18.2 Å². The Kier molecular flexibility index (Phi) is 4.31. The summed E-state index contributed by atoms with van der Waals surface area (Å²) in [5, 5.41) is 13.5. The average molecular weight is 250 g/mol. The zero-order chi connectivity index (χ0) is 13.0. The van der Waals surface area contributed by atoms with Gasteiger partial charge in [-0.1, -0.05) is 19.3 Å². The van der Waals surface area contributed by atoms with E-state index in [1.165, 1.54) is 12.8 Å². The number of benzene rings is 1. The lowest BCUT2D eigenvalue weighted by Gasteiger charge is -2.23. The van der Waals surface area contributed by atoms with Crippen LogP contribution in [-0.2, 0) is 0 Å². The van der Waals surface area contributed by atoms with Gasteiger partial charge in [0.1, 0.15) is 5.75 Å². The lowest BCUT2D eigenvalue weighted by Crippen LogP contribution is -2.32. The second kappa shape index (κ2) is 5.96. The molecule has 2 unspecified atom stereocenters. The van der Waals surface area contributed by atoms with E-state index < -0.39 is 0 Å². The number of nitrogens with two attached hydrogens (primary N) is 1. The van der Waals surface area contributed by atoms with Crippen molar-refractivity contribution in [3.8, 4) is 5.75 Å². The van der Waals surface area contributed by atoms with E-state index in [2.05, 4.69) is 5.32 Å². The molecule has 100 valence electrons. The molecule has 1 aliphatic rings. The molecule has 0 bridgehead atoms. The molecule has 2 atom stereocenters. The number of aliphatic hydroxyl groups excluding tert-OH is 1. The number of nitrogens with one attached hydrogen (secondary N) is 1. The SMILES string of the molecule is COc1cc(NC2CCCCCC2O)ccc1N. The highest BCUT2D eigenvalue weighted by molar-refractivity contribution is 5.61. The summed E-state index contributed by atoms with van der Waals surface area (Å²) in [5.41, 5.74) is 7.36. The Hall–Kier alpha value is -1.42. The van der Waals surface area contributed by atoms with Crippen LogP contribution in [0.25, 0.3) is 0 Å². The lowest BCUT2D eigenvalue weighted by molar-refractivity contribution is 0.144. The number of hydrogen-bond acceptors (Lipinski definition) is 4. The van der Waals surface area contributed by atoms with Gasteiger partial charge < -0.3 is 20.9 Å². The van der Waals surface area contributed by atoms with Crippen LogP contribution in [0.4, 0.5) is 11.4 Å². The Morgan fingerprint density at radius 3 is 2.83 bits per heavy atom. The van der Waals surface area contributed by atoms with E-state index in [1.54, 1.807) is 7.11 Å². The second-order valence-corrected chi connectivity index (χ2v) is 4.91. The van der Waals surface area contributed by atoms with Gasteiger partial charge in [-0.3, -0.25) is 0 Å². The van der Waals surface area contributed by atoms with Crippen molar-refractivity contribution in [2.45, 2.75) is 44.2 Å². The topological polar surface area (TPSA) is 67.5 Å². The molecule has 0 aliphatic heterocycles. The number of nitrogen functional groups attached to an aromatic ring is 1. The van der Waals surface area contributed by atoms with Gasteiger partial charge in [-0.25, -0.2) is 0 Å². The van der Waals surface area contributed by atoms with Crippen LogP contribution in [0.1, 0.15) is 32.1 Å². The fourth-order valence-corrected chi connectivity index (χ4v) is 2.47. The zero-order valence-corrected chi connectivity index (χ0v) is 10.9. The molecular formula is C14H22N2O2. The van der Waals surface area contributed by atoms with E-state index in [9.17, 15) is 5.11 Å². The van der Waals surface area contributed by atoms with Crippen molar-refractivity contribution < 1.29 is 9.84 Å². The van der Waals surface area contributed by atoms with E-state index >= 15 is 0 Å². The molecule has 0 aromatic heterocycles. The van der Waals surface area contributed by atoms with Crippen LogP contribution in [0.5, 0.6) is 5.75 Å². The van der Waals surface area contributed by atoms with Crippen molar-refractivity contribution in [2.75, 3.05) is 18.2 Å². The molecule has 0 spiro atoms. The van der Waals surface area contributed by atoms with Gasteiger partial charge in [0, 0.05) is 11.8 Å². The molecule has 1 aromatic carbocycles. The van der Waals surface area contributed by atoms with Crippen LogP contribution < -0.4 is 15.8 Å². The quantitative estimate of drug-likeness (QED) is 0.569. The standard InChI is InChI=1S/C14H22N2O2/c1-18-14-9-10(7-8-11(14)15)16-12-5-3-2-4-6-13(12)17/h7-9,12-13,16-17H,2-6,15H2,1H3. The molecule has 0 heterocycles. The summed E-state index contributed by atoms with van der Waals surface area (Å²) >= 11 is 0. The molecule has 1 saturated carbocycles. The zero-order valence-electron chi connectivity index (χ0n) is 10.9. The smallest absolute Gasteiger partial charge is 0.143 e. The Morgan fingerprint density at radius 1 is 1.28 bits per heavy atom. The monoisotopic (exact) mass is 250 g/mol. The molecule has 4 nitrogen and oxygen atoms in total. The largest absolute Gasteiger partial charge is 0.495 e. The van der Waals surface area contributed by atoms with E-state index in [4.69, 9.17) is 10.5 Å². The number of aliphatic hydroxyl groups is 1. The van der Waals surface area contributed by atoms with Gasteiger partial charge in [-0.05, 0) is 25.0 Å². The summed E-state index contributed by atoms with van der Waals surface area (Å²) in [6.45, 7) is 0. The minimum atomic E-state index is -0.268. The molecule has 0 radical (unpaired) electrons. The molecule has 4 heteroatoms. The molecule has 4 N–H and O–H groups in total. The fraction of sp³-hybridized carbons (Fsp3) is 0.571. The van der Waals surface area contributed by atoms with Gasteiger partial charge in [0.25, 0.3) is 0 Å². The first kappa shape index (κ1) is 13.0. The predicted molar refractivity (Wildman–Crippen MR) is 73.9 cm³/mol. The highest BCUT2D eigenvalue weighted by Crippen LogP contribution is 2.27. The minimum Gasteiger partial charge on any atom is -0.495 e. The summed E-state index contributed by atoms with van der Waals surface area (Å²) < 4.78 is 5.20. The summed E-state index contributed by atoms with van der Waals surface area (Å²) in [4.78, 5) is 0. The van der Waals surface area contributed by atoms with Crippen molar-refractivity contribution in [1.82, 2.24) is 0 Å². The van der Waals surface area contributed by atoms with Crippen LogP contribution in [-0.4, -0.2) is 24.4 Å². The van der Waals surface area contributed by atoms with Gasteiger partial charge in [-0.15, -0.1) is 0 Å². The van der Waals surface area contributed by atoms with Gasteiger partial charge in [-0.2, -0.15) is 0 Å². The third-order valence-corrected chi connectivity index (χ3v) is 3.57. The molecule has 0 amide bonds. The first-order valence-corrected chi connectivity index (χ1v) is 6.59. The highest BCUT2D eigenvalue weighted by atomic mass is 16.5. The van der Waals surface area contributed by atoms with E-state index in [0.29, 0.717) is 11.4 Å². The lowest BCUT2D eigenvalue weighted by atomic mass is 10.1. The maximum absolute atomic E-state index is 10.1. The Morgan fingerprint density at radius 2 is 2.06 bits per heavy atom. The Balaban J connectivity index is 2.07. The van der Waals surface area contributed by atoms with Crippen molar-refractivity contribution in [2.24, 2.45) is 0 Å². The summed E-state index contributed by atoms with van der Waals surface area (Å²) in [6, 6.07) is 5.76. The first-order chi connectivity index (χ1) is 8.70. The van der Waals surface area contributed by atoms with Gasteiger partial charge in [0.05, 0.1) is 24.9 Å². The second-order valence-electron chi connectivity index (χ2n) is 4.91. The van der Waals surface area contributed by atoms with Crippen molar-refractivity contribution in [3.05, 3.63) is 18.2 Å². The molecule has 18 heavy (non-hydrogen) atoms. The molecular weight excluding hydrogens is 228 g/mol. The maximum Gasteiger partial charge on any atom is 0.143 e. The normalized spacial score (nSPS) is 24.3. The minimum absolute atomic E-state index is 0.126. The van der Waals surface area contributed by atoms with Crippen LogP contribution in [0.15, 0.2) is 18.2 Å². The molecule has 1 aliphatic carbocycles. The fourth-order valence-electron chi connectivity index (χ4n) is 2.47. The molecule has 1 fully saturated rings. The summed E-state index contributed by atoms with van der Waals surface area (Å²) in [7, 11) is 1.61. The van der Waals surface area contributed by atoms with Crippen molar-refractivity contribution in [3.63, 3.8) is 0 Å². The maximum atomic E-state index is 10.1. The number of ether oxygens (including phenoxy) is 1. The predicted octanol–water partition coefficient (Wildman–Crippen LogP) is 2.38. The Bertz CT molecular complexity index is 395. The third kappa shape index (κ3) is 3.07. The number of methoxy groups -OCH3 is 1. The number of rotatable bonds is 3. The van der Waals surface area contributed by atoms with Crippen LogP contribution in [0.3, 0.4) is 0 Å². The average Bonchev–Trinajstić information content (AvgIpc) is 2.57. The number of hydrogen-bond donors (Lipinski definition) is 3. The third-order valence-electron chi connectivity index (χ3n) is 3.57.